The molecule has 1 N–H and O–H groups in total. The lowest BCUT2D eigenvalue weighted by Gasteiger charge is -2.11. The van der Waals surface area contributed by atoms with Crippen LogP contribution in [0.25, 0.3) is 0 Å². The van der Waals surface area contributed by atoms with E-state index in [2.05, 4.69) is 0 Å². The van der Waals surface area contributed by atoms with Gasteiger partial charge in [-0.2, -0.15) is 0 Å². The molecule has 1 aromatic rings. The summed E-state index contributed by atoms with van der Waals surface area (Å²) in [4.78, 5) is 20.6. The maximum atomic E-state index is 11.9. The topological polar surface area (TPSA) is 118 Å². The zero-order valence-corrected chi connectivity index (χ0v) is 12.3. The van der Waals surface area contributed by atoms with Crippen LogP contribution >= 0.6 is 11.8 Å². The molecule has 0 aromatic heterocycles. The van der Waals surface area contributed by atoms with Gasteiger partial charge in [-0.05, 0) is 12.1 Å². The van der Waals surface area contributed by atoms with Crippen molar-refractivity contribution in [1.29, 1.82) is 0 Å². The Bertz CT molecular complexity index is 641. The Morgan fingerprint density at radius 3 is 2.50 bits per heavy atom. The first-order valence-electron chi connectivity index (χ1n) is 5.22. The Morgan fingerprint density at radius 2 is 2.05 bits per heavy atom. The summed E-state index contributed by atoms with van der Waals surface area (Å²) in [5, 5.41) is 19.5. The second kappa shape index (κ2) is 6.20. The monoisotopic (exact) mass is 320 g/mol. The summed E-state index contributed by atoms with van der Waals surface area (Å²) in [6.07, 6.45) is 0. The quantitative estimate of drug-likeness (QED) is 0.472. The summed E-state index contributed by atoms with van der Waals surface area (Å²) in [6, 6.07) is 3.38. The van der Waals surface area contributed by atoms with Crippen LogP contribution in [0, 0.1) is 10.1 Å². The third-order valence-electron chi connectivity index (χ3n) is 2.26. The highest BCUT2D eigenvalue weighted by atomic mass is 32.2. The molecule has 1 rings (SSSR count). The zero-order chi connectivity index (χ0) is 15.5. The lowest BCUT2D eigenvalue weighted by Crippen LogP contribution is -2.22. The van der Waals surface area contributed by atoms with Crippen LogP contribution < -0.4 is 0 Å². The first-order valence-corrected chi connectivity index (χ1v) is 7.64. The Labute approximate surface area is 119 Å². The maximum absolute atomic E-state index is 11.9. The van der Waals surface area contributed by atoms with E-state index in [-0.39, 0.29) is 15.5 Å². The molecule has 0 unspecified atom stereocenters. The molecule has 0 saturated carbocycles. The third-order valence-corrected chi connectivity index (χ3v) is 5.12. The van der Waals surface area contributed by atoms with Crippen molar-refractivity contribution < 1.29 is 23.2 Å². The highest BCUT2D eigenvalue weighted by Crippen LogP contribution is 2.31. The highest BCUT2D eigenvalue weighted by Gasteiger charge is 2.23. The van der Waals surface area contributed by atoms with Crippen molar-refractivity contribution >= 4 is 33.4 Å². The fraction of sp³-hybridized carbons (Fsp3) is 0.300. The van der Waals surface area contributed by atoms with Gasteiger partial charge in [0.15, 0.2) is 0 Å². The summed E-state index contributed by atoms with van der Waals surface area (Å²) >= 11 is 0.762. The Balaban J connectivity index is 3.27. The number of thioether (sulfide) groups is 1. The van der Waals surface area contributed by atoms with Crippen molar-refractivity contribution in [3.8, 4) is 0 Å². The van der Waals surface area contributed by atoms with E-state index in [0.29, 0.717) is 0 Å². The second-order valence-electron chi connectivity index (χ2n) is 3.86. The van der Waals surface area contributed by atoms with Crippen LogP contribution in [0.1, 0.15) is 0 Å². The molecule has 0 amide bonds. The van der Waals surface area contributed by atoms with Crippen molar-refractivity contribution in [1.82, 2.24) is 4.31 Å². The van der Waals surface area contributed by atoms with Crippen molar-refractivity contribution in [2.24, 2.45) is 0 Å². The van der Waals surface area contributed by atoms with Crippen LogP contribution in [0.2, 0.25) is 0 Å². The van der Waals surface area contributed by atoms with Crippen molar-refractivity contribution in [2.45, 2.75) is 9.79 Å². The largest absolute Gasteiger partial charge is 0.481 e. The number of carboxylic acid groups (broad SMARTS) is 1. The molecule has 0 spiro atoms. The summed E-state index contributed by atoms with van der Waals surface area (Å²) in [6.45, 7) is 0. The standard InChI is InChI=1S/C10H12N2O6S2/c1-11(2)20(17,18)7-3-4-9(19-6-10(13)14)8(5-7)12(15)16/h3-5H,6H2,1-2H3,(H,13,14). The molecule has 0 aliphatic rings. The molecule has 0 radical (unpaired) electrons. The molecule has 1 aromatic carbocycles. The van der Waals surface area contributed by atoms with Crippen LogP contribution in [0.5, 0.6) is 0 Å². The zero-order valence-electron chi connectivity index (χ0n) is 10.6. The minimum atomic E-state index is -3.78. The molecule has 0 bridgehead atoms. The van der Waals surface area contributed by atoms with Crippen molar-refractivity contribution in [3.63, 3.8) is 0 Å². The number of nitrogens with zero attached hydrogens (tertiary/aromatic N) is 2. The van der Waals surface area contributed by atoms with E-state index in [1.165, 1.54) is 26.2 Å². The smallest absolute Gasteiger partial charge is 0.313 e. The fourth-order valence-electron chi connectivity index (χ4n) is 1.27. The van der Waals surface area contributed by atoms with Crippen molar-refractivity contribution in [2.75, 3.05) is 19.8 Å². The number of hydrogen-bond donors (Lipinski definition) is 1. The highest BCUT2D eigenvalue weighted by molar-refractivity contribution is 8.00. The molecule has 0 aliphatic heterocycles. The molecule has 20 heavy (non-hydrogen) atoms. The summed E-state index contributed by atoms with van der Waals surface area (Å²) in [7, 11) is -1.15. The maximum Gasteiger partial charge on any atom is 0.313 e. The van der Waals surface area contributed by atoms with Gasteiger partial charge in [-0.15, -0.1) is 11.8 Å². The van der Waals surface area contributed by atoms with Gasteiger partial charge in [-0.25, -0.2) is 12.7 Å². The lowest BCUT2D eigenvalue weighted by molar-refractivity contribution is -0.388. The van der Waals surface area contributed by atoms with Gasteiger partial charge >= 0.3 is 5.97 Å². The minimum Gasteiger partial charge on any atom is -0.481 e. The number of nitro benzene ring substituents is 1. The van der Waals surface area contributed by atoms with E-state index in [4.69, 9.17) is 5.11 Å². The number of sulfonamides is 1. The first-order chi connectivity index (χ1) is 9.16. The molecule has 0 heterocycles. The molecule has 110 valence electrons. The second-order valence-corrected chi connectivity index (χ2v) is 7.03. The van der Waals surface area contributed by atoms with E-state index in [1.54, 1.807) is 0 Å². The number of aliphatic carboxylic acids is 1. The summed E-state index contributed by atoms with van der Waals surface area (Å²) < 4.78 is 24.7. The number of carboxylic acids is 1. The van der Waals surface area contributed by atoms with Gasteiger partial charge in [0.25, 0.3) is 5.69 Å². The van der Waals surface area contributed by atoms with Crippen LogP contribution in [-0.4, -0.2) is 48.6 Å². The van der Waals surface area contributed by atoms with E-state index in [9.17, 15) is 23.3 Å². The SMILES string of the molecule is CN(C)S(=O)(=O)c1ccc(SCC(=O)O)c([N+](=O)[O-])c1. The van der Waals surface area contributed by atoms with E-state index in [0.717, 1.165) is 22.1 Å². The van der Waals surface area contributed by atoms with Crippen LogP contribution in [-0.2, 0) is 14.8 Å². The fourth-order valence-corrected chi connectivity index (χ4v) is 2.92. The number of nitro groups is 1. The number of benzene rings is 1. The Morgan fingerprint density at radius 1 is 1.45 bits per heavy atom. The molecule has 0 fully saturated rings. The third kappa shape index (κ3) is 3.68. The van der Waals surface area contributed by atoms with Gasteiger partial charge in [0.1, 0.15) is 0 Å². The minimum absolute atomic E-state index is 0.107. The van der Waals surface area contributed by atoms with E-state index < -0.39 is 26.6 Å². The molecule has 0 aliphatic carbocycles. The van der Waals surface area contributed by atoms with Gasteiger partial charge in [0.2, 0.25) is 10.0 Å². The van der Waals surface area contributed by atoms with Gasteiger partial charge in [0, 0.05) is 20.2 Å². The number of rotatable bonds is 6. The van der Waals surface area contributed by atoms with Crippen LogP contribution in [0.4, 0.5) is 5.69 Å². The van der Waals surface area contributed by atoms with Crippen LogP contribution in [0.3, 0.4) is 0 Å². The predicted octanol–water partition coefficient (Wildman–Crippen LogP) is 1.02. The van der Waals surface area contributed by atoms with Gasteiger partial charge in [-0.3, -0.25) is 14.9 Å². The van der Waals surface area contributed by atoms with Crippen molar-refractivity contribution in [3.05, 3.63) is 28.3 Å². The van der Waals surface area contributed by atoms with Crippen LogP contribution in [0.15, 0.2) is 28.0 Å². The average Bonchev–Trinajstić information content (AvgIpc) is 2.35. The normalized spacial score (nSPS) is 11.6. The molecule has 8 nitrogen and oxygen atoms in total. The Kier molecular flexibility index (Phi) is 5.09. The molecule has 0 saturated heterocycles. The predicted molar refractivity (Wildman–Crippen MR) is 72.3 cm³/mol. The Hall–Kier alpha value is -1.65. The lowest BCUT2D eigenvalue weighted by atomic mass is 10.3. The summed E-state index contributed by atoms with van der Waals surface area (Å²) in [5.41, 5.74) is -0.431. The van der Waals surface area contributed by atoms with Gasteiger partial charge in [0.05, 0.1) is 20.5 Å². The number of hydrogen-bond acceptors (Lipinski definition) is 6. The molecular formula is C10H12N2O6S2. The van der Waals surface area contributed by atoms with E-state index >= 15 is 0 Å². The summed E-state index contributed by atoms with van der Waals surface area (Å²) in [5.74, 6) is -1.46. The molecular weight excluding hydrogens is 308 g/mol. The number of carbonyl (C=O) groups is 1. The molecule has 0 atom stereocenters. The van der Waals surface area contributed by atoms with E-state index in [1.807, 2.05) is 0 Å². The van der Waals surface area contributed by atoms with Gasteiger partial charge in [-0.1, -0.05) is 0 Å². The molecule has 10 heteroatoms. The first kappa shape index (κ1) is 16.4. The van der Waals surface area contributed by atoms with Gasteiger partial charge < -0.3 is 5.11 Å². The average molecular weight is 320 g/mol.